The summed E-state index contributed by atoms with van der Waals surface area (Å²) in [5, 5.41) is 22.0. The molecule has 126 valence electrons. The van der Waals surface area contributed by atoms with Gasteiger partial charge in [-0.15, -0.1) is 0 Å². The molecule has 1 aliphatic heterocycles. The third kappa shape index (κ3) is 3.09. The second-order valence-electron chi connectivity index (χ2n) is 6.44. The number of phenolic OH excluding ortho intramolecular Hbond substituents is 1. The van der Waals surface area contributed by atoms with Crippen molar-refractivity contribution in [2.75, 3.05) is 20.1 Å². The van der Waals surface area contributed by atoms with Gasteiger partial charge in [0.2, 0.25) is 0 Å². The summed E-state index contributed by atoms with van der Waals surface area (Å²) in [4.78, 5) is 12.9. The lowest BCUT2D eigenvalue weighted by atomic mass is 9.82. The predicted octanol–water partition coefficient (Wildman–Crippen LogP) is 4.08. The quantitative estimate of drug-likeness (QED) is 0.672. The largest absolute Gasteiger partial charge is 0.508 e. The summed E-state index contributed by atoms with van der Waals surface area (Å²) in [6.07, 6.45) is 0. The summed E-state index contributed by atoms with van der Waals surface area (Å²) in [7, 11) is 2.02. The molecule has 1 saturated heterocycles. The number of benzene rings is 2. The van der Waals surface area contributed by atoms with Crippen molar-refractivity contribution in [2.24, 2.45) is 0 Å². The van der Waals surface area contributed by atoms with Crippen molar-refractivity contribution in [1.82, 2.24) is 4.90 Å². The highest BCUT2D eigenvalue weighted by atomic mass is 35.5. The van der Waals surface area contributed by atoms with E-state index in [2.05, 4.69) is 4.90 Å². The van der Waals surface area contributed by atoms with Gasteiger partial charge in [0, 0.05) is 47.6 Å². The number of nitro groups is 1. The maximum atomic E-state index is 11.1. The van der Waals surface area contributed by atoms with E-state index in [9.17, 15) is 15.2 Å². The fourth-order valence-corrected chi connectivity index (χ4v) is 3.77. The van der Waals surface area contributed by atoms with E-state index >= 15 is 0 Å². The molecule has 1 aliphatic rings. The molecule has 1 fully saturated rings. The molecule has 1 heterocycles. The van der Waals surface area contributed by atoms with E-state index in [1.165, 1.54) is 6.07 Å². The summed E-state index contributed by atoms with van der Waals surface area (Å²) >= 11 is 6.11. The number of rotatable bonds is 3. The van der Waals surface area contributed by atoms with Crippen LogP contribution in [0.1, 0.15) is 28.5 Å². The number of phenols is 1. The Bertz CT molecular complexity index is 794. The Balaban J connectivity index is 2.07. The van der Waals surface area contributed by atoms with Crippen LogP contribution in [0.5, 0.6) is 5.75 Å². The fourth-order valence-electron chi connectivity index (χ4n) is 3.59. The summed E-state index contributed by atoms with van der Waals surface area (Å²) in [6, 6.07) is 10.0. The molecule has 2 aromatic rings. The molecule has 2 aromatic carbocycles. The average Bonchev–Trinajstić information content (AvgIpc) is 2.91. The molecule has 0 saturated carbocycles. The van der Waals surface area contributed by atoms with Gasteiger partial charge in [0.05, 0.1) is 4.92 Å². The number of aromatic hydroxyl groups is 1. The van der Waals surface area contributed by atoms with Crippen LogP contribution in [0.25, 0.3) is 0 Å². The van der Waals surface area contributed by atoms with Crippen LogP contribution in [0.2, 0.25) is 5.02 Å². The Morgan fingerprint density at radius 2 is 1.83 bits per heavy atom. The SMILES string of the molecule is Cc1ccc([N+](=O)[O-])cc1[C@@H]1CN(C)C[C@H]1c1cc(Cl)ccc1O. The maximum Gasteiger partial charge on any atom is 0.269 e. The molecule has 24 heavy (non-hydrogen) atoms. The first-order valence-electron chi connectivity index (χ1n) is 7.78. The minimum absolute atomic E-state index is 0.0365. The number of non-ortho nitro benzene ring substituents is 1. The summed E-state index contributed by atoms with van der Waals surface area (Å²) < 4.78 is 0. The van der Waals surface area contributed by atoms with Crippen LogP contribution in [-0.2, 0) is 0 Å². The molecule has 0 aromatic heterocycles. The summed E-state index contributed by atoms with van der Waals surface area (Å²) in [6.45, 7) is 3.51. The van der Waals surface area contributed by atoms with E-state index in [0.29, 0.717) is 5.02 Å². The molecule has 0 amide bonds. The van der Waals surface area contributed by atoms with Gasteiger partial charge in [-0.2, -0.15) is 0 Å². The third-order valence-electron chi connectivity index (χ3n) is 4.76. The van der Waals surface area contributed by atoms with Gasteiger partial charge in [0.25, 0.3) is 5.69 Å². The van der Waals surface area contributed by atoms with E-state index in [-0.39, 0.29) is 28.2 Å². The smallest absolute Gasteiger partial charge is 0.269 e. The zero-order chi connectivity index (χ0) is 17.4. The number of likely N-dealkylation sites (N-methyl/N-ethyl adjacent to an activating group) is 1. The van der Waals surface area contributed by atoms with Gasteiger partial charge in [0.1, 0.15) is 5.75 Å². The number of nitrogens with zero attached hydrogens (tertiary/aromatic N) is 2. The maximum absolute atomic E-state index is 11.1. The van der Waals surface area contributed by atoms with E-state index in [1.807, 2.05) is 14.0 Å². The number of halogens is 1. The molecular formula is C18H19ClN2O3. The molecule has 6 heteroatoms. The van der Waals surface area contributed by atoms with Crippen molar-refractivity contribution in [3.05, 3.63) is 68.2 Å². The van der Waals surface area contributed by atoms with Crippen LogP contribution in [0.3, 0.4) is 0 Å². The normalized spacial score (nSPS) is 21.1. The Kier molecular flexibility index (Phi) is 4.47. The van der Waals surface area contributed by atoms with Gasteiger partial charge in [-0.25, -0.2) is 0 Å². The van der Waals surface area contributed by atoms with E-state index < -0.39 is 0 Å². The number of nitro benzene ring substituents is 1. The topological polar surface area (TPSA) is 66.6 Å². The van der Waals surface area contributed by atoms with Gasteiger partial charge < -0.3 is 10.0 Å². The first-order chi connectivity index (χ1) is 11.4. The van der Waals surface area contributed by atoms with Crippen molar-refractivity contribution in [3.8, 4) is 5.75 Å². The Labute approximate surface area is 145 Å². The molecule has 0 spiro atoms. The first kappa shape index (κ1) is 16.7. The van der Waals surface area contributed by atoms with Crippen LogP contribution in [0, 0.1) is 17.0 Å². The molecule has 5 nitrogen and oxygen atoms in total. The Morgan fingerprint density at radius 3 is 2.50 bits per heavy atom. The van der Waals surface area contributed by atoms with Crippen LogP contribution >= 0.6 is 11.6 Å². The van der Waals surface area contributed by atoms with E-state index in [0.717, 1.165) is 29.8 Å². The first-order valence-corrected chi connectivity index (χ1v) is 8.16. The molecule has 0 radical (unpaired) electrons. The van der Waals surface area contributed by atoms with Gasteiger partial charge in [-0.3, -0.25) is 10.1 Å². The molecule has 2 atom stereocenters. The van der Waals surface area contributed by atoms with Crippen molar-refractivity contribution in [1.29, 1.82) is 0 Å². The second kappa shape index (κ2) is 6.42. The highest BCUT2D eigenvalue weighted by molar-refractivity contribution is 6.30. The zero-order valence-electron chi connectivity index (χ0n) is 13.6. The standard InChI is InChI=1S/C18H19ClN2O3/c1-11-3-5-13(21(23)24)8-14(11)16-9-20(2)10-17(16)15-7-12(19)4-6-18(15)22/h3-8,16-17,22H,9-10H2,1-2H3/t16-,17-/m0/s1. The Morgan fingerprint density at radius 1 is 1.17 bits per heavy atom. The molecule has 1 N–H and O–H groups in total. The van der Waals surface area contributed by atoms with E-state index in [1.54, 1.807) is 30.3 Å². The van der Waals surface area contributed by atoms with Crippen LogP contribution in [0.4, 0.5) is 5.69 Å². The van der Waals surface area contributed by atoms with Crippen LogP contribution in [-0.4, -0.2) is 35.1 Å². The highest BCUT2D eigenvalue weighted by Gasteiger charge is 2.36. The zero-order valence-corrected chi connectivity index (χ0v) is 14.3. The monoisotopic (exact) mass is 346 g/mol. The molecule has 0 bridgehead atoms. The summed E-state index contributed by atoms with van der Waals surface area (Å²) in [5.74, 6) is 0.321. The fraction of sp³-hybridized carbons (Fsp3) is 0.333. The number of likely N-dealkylation sites (tertiary alicyclic amines) is 1. The predicted molar refractivity (Wildman–Crippen MR) is 93.9 cm³/mol. The lowest BCUT2D eigenvalue weighted by Crippen LogP contribution is -2.13. The Hall–Kier alpha value is -2.11. The number of hydrogen-bond acceptors (Lipinski definition) is 4. The lowest BCUT2D eigenvalue weighted by molar-refractivity contribution is -0.384. The van der Waals surface area contributed by atoms with Gasteiger partial charge in [-0.1, -0.05) is 17.7 Å². The van der Waals surface area contributed by atoms with Crippen molar-refractivity contribution in [3.63, 3.8) is 0 Å². The van der Waals surface area contributed by atoms with Gasteiger partial charge >= 0.3 is 0 Å². The lowest BCUT2D eigenvalue weighted by Gasteiger charge is -2.22. The van der Waals surface area contributed by atoms with Crippen LogP contribution < -0.4 is 0 Å². The van der Waals surface area contributed by atoms with Crippen molar-refractivity contribution < 1.29 is 10.0 Å². The second-order valence-corrected chi connectivity index (χ2v) is 6.87. The van der Waals surface area contributed by atoms with Crippen LogP contribution in [0.15, 0.2) is 36.4 Å². The molecule has 3 rings (SSSR count). The minimum atomic E-state index is -0.368. The van der Waals surface area contributed by atoms with Crippen molar-refractivity contribution in [2.45, 2.75) is 18.8 Å². The highest BCUT2D eigenvalue weighted by Crippen LogP contribution is 2.44. The molecule has 0 unspecified atom stereocenters. The molecular weight excluding hydrogens is 328 g/mol. The third-order valence-corrected chi connectivity index (χ3v) is 5.00. The van der Waals surface area contributed by atoms with Gasteiger partial charge in [-0.05, 0) is 43.3 Å². The van der Waals surface area contributed by atoms with E-state index in [4.69, 9.17) is 11.6 Å². The van der Waals surface area contributed by atoms with Crippen molar-refractivity contribution >= 4 is 17.3 Å². The average molecular weight is 347 g/mol. The summed E-state index contributed by atoms with van der Waals surface area (Å²) in [5.41, 5.74) is 2.87. The number of aryl methyl sites for hydroxylation is 1. The van der Waals surface area contributed by atoms with Gasteiger partial charge in [0.15, 0.2) is 0 Å². The minimum Gasteiger partial charge on any atom is -0.508 e. The number of hydrogen-bond donors (Lipinski definition) is 1. The molecule has 0 aliphatic carbocycles.